The summed E-state index contributed by atoms with van der Waals surface area (Å²) in [4.78, 5) is 34.3. The van der Waals surface area contributed by atoms with Gasteiger partial charge in [-0.2, -0.15) is 0 Å². The van der Waals surface area contributed by atoms with Crippen molar-refractivity contribution in [1.29, 1.82) is 0 Å². The van der Waals surface area contributed by atoms with Crippen LogP contribution < -0.4 is 10.2 Å². The second-order valence-electron chi connectivity index (χ2n) is 7.18. The first-order chi connectivity index (χ1) is 13.5. The summed E-state index contributed by atoms with van der Waals surface area (Å²) in [7, 11) is 0. The van der Waals surface area contributed by atoms with Crippen LogP contribution in [0.5, 0.6) is 0 Å². The van der Waals surface area contributed by atoms with Crippen molar-refractivity contribution in [1.82, 2.24) is 15.3 Å². The summed E-state index contributed by atoms with van der Waals surface area (Å²) < 4.78 is 0.948. The standard InChI is InChI=1S/C20H17BrN4O3/c21-12-5-7-13-15(9-12)23-18(22-13)16-8-11-3-1-2-10-4-6-14(24-20(27)28)19(26)25(16)17(10)11/h1-3,5,7,9,14,16,24H,4,6,8H2,(H,22,23)(H,27,28)/t14-,16-/m0/s1. The van der Waals surface area contributed by atoms with E-state index in [2.05, 4.69) is 26.2 Å². The Balaban J connectivity index is 1.62. The molecule has 2 aromatic carbocycles. The number of para-hydroxylation sites is 1. The first kappa shape index (κ1) is 17.2. The fraction of sp³-hybridized carbons (Fsp3) is 0.250. The molecular formula is C20H17BrN4O3. The van der Waals surface area contributed by atoms with Crippen LogP contribution in [0.1, 0.15) is 29.4 Å². The molecule has 2 amide bonds. The zero-order valence-electron chi connectivity index (χ0n) is 14.8. The van der Waals surface area contributed by atoms with Crippen LogP contribution in [-0.4, -0.2) is 33.1 Å². The number of amides is 2. The molecule has 0 saturated heterocycles. The minimum absolute atomic E-state index is 0.224. The van der Waals surface area contributed by atoms with Crippen molar-refractivity contribution >= 4 is 44.7 Å². The van der Waals surface area contributed by atoms with E-state index < -0.39 is 12.1 Å². The van der Waals surface area contributed by atoms with Gasteiger partial charge in [-0.05, 0) is 42.2 Å². The van der Waals surface area contributed by atoms with Crippen LogP contribution in [0.4, 0.5) is 10.5 Å². The predicted octanol–water partition coefficient (Wildman–Crippen LogP) is 3.54. The number of rotatable bonds is 2. The molecule has 0 fully saturated rings. The minimum atomic E-state index is -1.19. The molecular weight excluding hydrogens is 424 g/mol. The minimum Gasteiger partial charge on any atom is -0.465 e. The van der Waals surface area contributed by atoms with Gasteiger partial charge in [-0.1, -0.05) is 34.1 Å². The molecule has 2 aliphatic rings. The summed E-state index contributed by atoms with van der Waals surface area (Å²) in [6.45, 7) is 0. The lowest BCUT2D eigenvalue weighted by atomic mass is 10.0. The number of imidazole rings is 1. The molecule has 7 nitrogen and oxygen atoms in total. The number of carboxylic acid groups (broad SMARTS) is 1. The molecule has 0 unspecified atom stereocenters. The molecule has 0 spiro atoms. The smallest absolute Gasteiger partial charge is 0.405 e. The van der Waals surface area contributed by atoms with Crippen LogP contribution in [0.25, 0.3) is 11.0 Å². The van der Waals surface area contributed by atoms with E-state index in [0.717, 1.165) is 32.3 Å². The summed E-state index contributed by atoms with van der Waals surface area (Å²) in [5.41, 5.74) is 4.80. The van der Waals surface area contributed by atoms with Gasteiger partial charge in [-0.3, -0.25) is 9.69 Å². The van der Waals surface area contributed by atoms with Crippen LogP contribution in [0.2, 0.25) is 0 Å². The van der Waals surface area contributed by atoms with Crippen LogP contribution in [0.3, 0.4) is 0 Å². The average Bonchev–Trinajstić information content (AvgIpc) is 3.21. The van der Waals surface area contributed by atoms with Gasteiger partial charge in [0.1, 0.15) is 11.9 Å². The van der Waals surface area contributed by atoms with Gasteiger partial charge in [0.05, 0.1) is 22.8 Å². The van der Waals surface area contributed by atoms with Gasteiger partial charge in [0.15, 0.2) is 0 Å². The van der Waals surface area contributed by atoms with Gasteiger partial charge in [0, 0.05) is 10.9 Å². The fourth-order valence-corrected chi connectivity index (χ4v) is 4.65. The van der Waals surface area contributed by atoms with Crippen LogP contribution in [-0.2, 0) is 17.6 Å². The van der Waals surface area contributed by atoms with Crippen LogP contribution in [0, 0.1) is 0 Å². The first-order valence-corrected chi connectivity index (χ1v) is 9.89. The number of nitrogens with zero attached hydrogens (tertiary/aromatic N) is 2. The Kier molecular flexibility index (Phi) is 3.90. The number of carbonyl (C=O) groups excluding carboxylic acids is 1. The van der Waals surface area contributed by atoms with E-state index in [-0.39, 0.29) is 11.9 Å². The van der Waals surface area contributed by atoms with Crippen LogP contribution >= 0.6 is 15.9 Å². The van der Waals surface area contributed by atoms with E-state index in [4.69, 9.17) is 10.1 Å². The number of H-pyrrole nitrogens is 1. The van der Waals surface area contributed by atoms with Crippen molar-refractivity contribution < 1.29 is 14.7 Å². The molecule has 8 heteroatoms. The molecule has 28 heavy (non-hydrogen) atoms. The maximum absolute atomic E-state index is 13.3. The topological polar surface area (TPSA) is 98.3 Å². The molecule has 0 aliphatic carbocycles. The highest BCUT2D eigenvalue weighted by Crippen LogP contribution is 2.44. The molecule has 2 aliphatic heterocycles. The summed E-state index contributed by atoms with van der Waals surface area (Å²) in [6, 6.07) is 10.8. The van der Waals surface area contributed by atoms with Gasteiger partial charge >= 0.3 is 6.09 Å². The summed E-state index contributed by atoms with van der Waals surface area (Å²) in [6.07, 6.45) is 0.554. The third-order valence-electron chi connectivity index (χ3n) is 5.48. The first-order valence-electron chi connectivity index (χ1n) is 9.10. The van der Waals surface area contributed by atoms with Gasteiger partial charge in [-0.25, -0.2) is 9.78 Å². The molecule has 0 saturated carbocycles. The summed E-state index contributed by atoms with van der Waals surface area (Å²) in [5, 5.41) is 11.6. The quantitative estimate of drug-likeness (QED) is 0.567. The number of hydrogen-bond acceptors (Lipinski definition) is 3. The molecule has 3 N–H and O–H groups in total. The number of fused-ring (bicyclic) bond motifs is 1. The molecule has 2 atom stereocenters. The lowest BCUT2D eigenvalue weighted by Gasteiger charge is -2.27. The molecule has 0 bridgehead atoms. The SMILES string of the molecule is O=C(O)N[C@H]1CCc2cccc3c2N(C1=O)[C@H](c1nc2ccc(Br)cc2[nH]1)C3. The number of nitrogens with one attached hydrogen (secondary N) is 2. The highest BCUT2D eigenvalue weighted by Gasteiger charge is 2.42. The van der Waals surface area contributed by atoms with E-state index in [1.54, 1.807) is 4.90 Å². The highest BCUT2D eigenvalue weighted by atomic mass is 79.9. The summed E-state index contributed by atoms with van der Waals surface area (Å²) in [5.74, 6) is 0.484. The number of aromatic nitrogens is 2. The van der Waals surface area contributed by atoms with Gasteiger partial charge < -0.3 is 15.4 Å². The van der Waals surface area contributed by atoms with Crippen molar-refractivity contribution in [2.45, 2.75) is 31.3 Å². The Bertz CT molecular complexity index is 1130. The van der Waals surface area contributed by atoms with Gasteiger partial charge in [0.25, 0.3) is 0 Å². The van der Waals surface area contributed by atoms with E-state index in [1.807, 2.05) is 36.4 Å². The Labute approximate surface area is 168 Å². The number of benzene rings is 2. The van der Waals surface area contributed by atoms with Crippen molar-refractivity contribution in [2.75, 3.05) is 4.90 Å². The molecule has 142 valence electrons. The third kappa shape index (κ3) is 2.67. The predicted molar refractivity (Wildman–Crippen MR) is 107 cm³/mol. The molecule has 1 aromatic heterocycles. The molecule has 0 radical (unpaired) electrons. The zero-order chi connectivity index (χ0) is 19.4. The highest BCUT2D eigenvalue weighted by molar-refractivity contribution is 9.10. The number of anilines is 1. The lowest BCUT2D eigenvalue weighted by molar-refractivity contribution is -0.120. The summed E-state index contributed by atoms with van der Waals surface area (Å²) >= 11 is 3.47. The molecule has 3 aromatic rings. The van der Waals surface area contributed by atoms with E-state index in [0.29, 0.717) is 25.1 Å². The van der Waals surface area contributed by atoms with Crippen molar-refractivity contribution in [3.63, 3.8) is 0 Å². The van der Waals surface area contributed by atoms with Crippen molar-refractivity contribution in [3.8, 4) is 0 Å². The Hall–Kier alpha value is -2.87. The molecule has 3 heterocycles. The second kappa shape index (κ2) is 6.34. The van der Waals surface area contributed by atoms with E-state index in [9.17, 15) is 9.59 Å². The number of halogens is 1. The number of hydrogen-bond donors (Lipinski definition) is 3. The van der Waals surface area contributed by atoms with E-state index in [1.165, 1.54) is 0 Å². The van der Waals surface area contributed by atoms with Crippen LogP contribution in [0.15, 0.2) is 40.9 Å². The fourth-order valence-electron chi connectivity index (χ4n) is 4.29. The van der Waals surface area contributed by atoms with Gasteiger partial charge in [0.2, 0.25) is 5.91 Å². The molecule has 5 rings (SSSR count). The average molecular weight is 441 g/mol. The maximum atomic E-state index is 13.3. The van der Waals surface area contributed by atoms with E-state index >= 15 is 0 Å². The monoisotopic (exact) mass is 440 g/mol. The lowest BCUT2D eigenvalue weighted by Crippen LogP contribution is -2.48. The largest absolute Gasteiger partial charge is 0.465 e. The Morgan fingerprint density at radius 1 is 1.29 bits per heavy atom. The van der Waals surface area contributed by atoms with Gasteiger partial charge in [-0.15, -0.1) is 0 Å². The Morgan fingerprint density at radius 3 is 2.93 bits per heavy atom. The van der Waals surface area contributed by atoms with Crippen molar-refractivity contribution in [3.05, 3.63) is 57.8 Å². The zero-order valence-corrected chi connectivity index (χ0v) is 16.4. The number of aromatic amines is 1. The normalized spacial score (nSPS) is 20.9. The maximum Gasteiger partial charge on any atom is 0.405 e. The third-order valence-corrected chi connectivity index (χ3v) is 5.98. The number of carbonyl (C=O) groups is 2. The number of aryl methyl sites for hydroxylation is 1. The Morgan fingerprint density at radius 2 is 2.11 bits per heavy atom. The van der Waals surface area contributed by atoms with Crippen molar-refractivity contribution in [2.24, 2.45) is 0 Å². The second-order valence-corrected chi connectivity index (χ2v) is 8.09.